The molecule has 1 aromatic carbocycles. The van der Waals surface area contributed by atoms with Gasteiger partial charge in [-0.25, -0.2) is 13.8 Å². The van der Waals surface area contributed by atoms with Crippen molar-refractivity contribution in [2.45, 2.75) is 20.4 Å². The first-order valence-electron chi connectivity index (χ1n) is 7.59. The van der Waals surface area contributed by atoms with E-state index in [-0.39, 0.29) is 5.56 Å². The summed E-state index contributed by atoms with van der Waals surface area (Å²) in [4.78, 5) is 4.33. The van der Waals surface area contributed by atoms with E-state index in [9.17, 15) is 14.0 Å². The van der Waals surface area contributed by atoms with Gasteiger partial charge in [-0.2, -0.15) is 10.4 Å². The molecule has 0 spiro atoms. The Labute approximate surface area is 147 Å². The Morgan fingerprint density at radius 3 is 2.84 bits per heavy atom. The van der Waals surface area contributed by atoms with Gasteiger partial charge in [-0.3, -0.25) is 4.68 Å². The minimum atomic E-state index is -0.681. The second-order valence-electron chi connectivity index (χ2n) is 5.33. The lowest BCUT2D eigenvalue weighted by Crippen LogP contribution is -1.98. The molecular weight excluding hydrogens is 342 g/mol. The third-order valence-corrected chi connectivity index (χ3v) is 4.68. The third kappa shape index (κ3) is 3.35. The Bertz CT molecular complexity index is 995. The molecular formula is C18H14F2N4S. The number of benzene rings is 1. The first-order chi connectivity index (χ1) is 12.0. The van der Waals surface area contributed by atoms with Gasteiger partial charge in [0, 0.05) is 34.8 Å². The number of hydrogen-bond donors (Lipinski definition) is 0. The fourth-order valence-corrected chi connectivity index (χ4v) is 3.22. The standard InChI is InChI=1S/C18H14F2N4S/c1-3-24-11(2)13(9-22-24)6-12(8-21)18-23-17(10-25-18)15-5-4-14(19)7-16(15)20/h4-7,9-10H,3H2,1-2H3. The highest BCUT2D eigenvalue weighted by Crippen LogP contribution is 2.29. The molecule has 0 saturated heterocycles. The first-order valence-corrected chi connectivity index (χ1v) is 8.47. The predicted molar refractivity (Wildman–Crippen MR) is 93.6 cm³/mol. The molecule has 0 aliphatic rings. The second-order valence-corrected chi connectivity index (χ2v) is 6.19. The van der Waals surface area contributed by atoms with E-state index in [0.717, 1.165) is 23.9 Å². The number of aromatic nitrogens is 3. The summed E-state index contributed by atoms with van der Waals surface area (Å²) in [6.45, 7) is 4.66. The summed E-state index contributed by atoms with van der Waals surface area (Å²) < 4.78 is 28.8. The van der Waals surface area contributed by atoms with Crippen molar-refractivity contribution < 1.29 is 8.78 Å². The van der Waals surface area contributed by atoms with Crippen molar-refractivity contribution in [3.05, 3.63) is 57.7 Å². The van der Waals surface area contributed by atoms with Crippen LogP contribution in [0, 0.1) is 29.9 Å². The molecule has 0 N–H and O–H groups in total. The van der Waals surface area contributed by atoms with Crippen LogP contribution in [0.5, 0.6) is 0 Å². The highest BCUT2D eigenvalue weighted by atomic mass is 32.1. The number of thiazole rings is 1. The zero-order chi connectivity index (χ0) is 18.0. The molecule has 126 valence electrons. The van der Waals surface area contributed by atoms with E-state index in [1.54, 1.807) is 17.7 Å². The van der Waals surface area contributed by atoms with Gasteiger partial charge in [0.15, 0.2) is 0 Å². The van der Waals surface area contributed by atoms with E-state index in [2.05, 4.69) is 16.2 Å². The van der Waals surface area contributed by atoms with Crippen molar-refractivity contribution >= 4 is 23.0 Å². The van der Waals surface area contributed by atoms with Gasteiger partial charge in [-0.1, -0.05) is 0 Å². The lowest BCUT2D eigenvalue weighted by atomic mass is 10.1. The summed E-state index contributed by atoms with van der Waals surface area (Å²) in [6.07, 6.45) is 3.42. The Balaban J connectivity index is 1.98. The molecule has 0 aliphatic heterocycles. The zero-order valence-electron chi connectivity index (χ0n) is 13.6. The maximum Gasteiger partial charge on any atom is 0.135 e. The fraction of sp³-hybridized carbons (Fsp3) is 0.167. The van der Waals surface area contributed by atoms with Crippen LogP contribution in [0.3, 0.4) is 0 Å². The van der Waals surface area contributed by atoms with Crippen LogP contribution >= 0.6 is 11.3 Å². The van der Waals surface area contributed by atoms with Crippen molar-refractivity contribution in [2.24, 2.45) is 0 Å². The summed E-state index contributed by atoms with van der Waals surface area (Å²) in [6, 6.07) is 5.47. The van der Waals surface area contributed by atoms with Gasteiger partial charge in [-0.05, 0) is 32.1 Å². The molecule has 2 heterocycles. The quantitative estimate of drug-likeness (QED) is 0.638. The van der Waals surface area contributed by atoms with Crippen LogP contribution in [-0.2, 0) is 6.54 Å². The molecule has 7 heteroatoms. The van der Waals surface area contributed by atoms with Crippen LogP contribution in [0.2, 0.25) is 0 Å². The maximum absolute atomic E-state index is 13.9. The molecule has 2 aromatic heterocycles. The normalized spacial score (nSPS) is 11.6. The van der Waals surface area contributed by atoms with Gasteiger partial charge < -0.3 is 0 Å². The second kappa shape index (κ2) is 6.95. The number of halogens is 2. The van der Waals surface area contributed by atoms with E-state index in [4.69, 9.17) is 0 Å². The van der Waals surface area contributed by atoms with Crippen LogP contribution < -0.4 is 0 Å². The Hall–Kier alpha value is -2.85. The first kappa shape index (κ1) is 17.0. The molecule has 0 unspecified atom stereocenters. The molecule has 0 fully saturated rings. The average molecular weight is 356 g/mol. The predicted octanol–water partition coefficient (Wildman–Crippen LogP) is 4.68. The largest absolute Gasteiger partial charge is 0.270 e. The number of nitrogens with zero attached hydrogens (tertiary/aromatic N) is 4. The molecule has 3 aromatic rings. The zero-order valence-corrected chi connectivity index (χ0v) is 14.4. The molecule has 0 radical (unpaired) electrons. The summed E-state index contributed by atoms with van der Waals surface area (Å²) in [5.74, 6) is -1.32. The summed E-state index contributed by atoms with van der Waals surface area (Å²) in [7, 11) is 0. The van der Waals surface area contributed by atoms with Crippen molar-refractivity contribution in [3.63, 3.8) is 0 Å². The van der Waals surface area contributed by atoms with E-state index in [0.29, 0.717) is 16.3 Å². The average Bonchev–Trinajstić information content (AvgIpc) is 3.20. The van der Waals surface area contributed by atoms with Gasteiger partial charge in [-0.15, -0.1) is 11.3 Å². The van der Waals surface area contributed by atoms with Crippen molar-refractivity contribution in [1.82, 2.24) is 14.8 Å². The number of nitriles is 1. The smallest absolute Gasteiger partial charge is 0.135 e. The van der Waals surface area contributed by atoms with Gasteiger partial charge in [0.05, 0.1) is 17.5 Å². The number of aryl methyl sites for hydroxylation is 1. The lowest BCUT2D eigenvalue weighted by molar-refractivity contribution is 0.585. The maximum atomic E-state index is 13.9. The summed E-state index contributed by atoms with van der Waals surface area (Å²) in [5.41, 5.74) is 2.74. The van der Waals surface area contributed by atoms with Gasteiger partial charge >= 0.3 is 0 Å². The van der Waals surface area contributed by atoms with Gasteiger partial charge in [0.2, 0.25) is 0 Å². The van der Waals surface area contributed by atoms with Crippen molar-refractivity contribution in [2.75, 3.05) is 0 Å². The van der Waals surface area contributed by atoms with Gasteiger partial charge in [0.1, 0.15) is 22.7 Å². The van der Waals surface area contributed by atoms with Crippen LogP contribution in [-0.4, -0.2) is 14.8 Å². The minimum absolute atomic E-state index is 0.205. The highest BCUT2D eigenvalue weighted by Gasteiger charge is 2.14. The molecule has 0 amide bonds. The van der Waals surface area contributed by atoms with Crippen molar-refractivity contribution in [1.29, 1.82) is 5.26 Å². The van der Waals surface area contributed by atoms with E-state index >= 15 is 0 Å². The molecule has 0 atom stereocenters. The van der Waals surface area contributed by atoms with E-state index < -0.39 is 11.6 Å². The van der Waals surface area contributed by atoms with E-state index in [1.165, 1.54) is 23.5 Å². The topological polar surface area (TPSA) is 54.5 Å². The van der Waals surface area contributed by atoms with Crippen LogP contribution in [0.4, 0.5) is 8.78 Å². The van der Waals surface area contributed by atoms with Crippen molar-refractivity contribution in [3.8, 4) is 17.3 Å². The van der Waals surface area contributed by atoms with Crippen LogP contribution in [0.25, 0.3) is 22.9 Å². The number of hydrogen-bond acceptors (Lipinski definition) is 4. The highest BCUT2D eigenvalue weighted by molar-refractivity contribution is 7.11. The molecule has 0 aliphatic carbocycles. The molecule has 0 saturated carbocycles. The Kier molecular flexibility index (Phi) is 4.72. The van der Waals surface area contributed by atoms with Gasteiger partial charge in [0.25, 0.3) is 0 Å². The molecule has 25 heavy (non-hydrogen) atoms. The summed E-state index contributed by atoms with van der Waals surface area (Å²) >= 11 is 1.24. The fourth-order valence-electron chi connectivity index (χ4n) is 2.44. The minimum Gasteiger partial charge on any atom is -0.270 e. The summed E-state index contributed by atoms with van der Waals surface area (Å²) in [5, 5.41) is 15.8. The lowest BCUT2D eigenvalue weighted by Gasteiger charge is -2.00. The van der Waals surface area contributed by atoms with Crippen LogP contribution in [0.15, 0.2) is 29.8 Å². The molecule has 0 bridgehead atoms. The van der Waals surface area contributed by atoms with E-state index in [1.807, 2.05) is 18.5 Å². The SMILES string of the molecule is CCn1ncc(C=C(C#N)c2nc(-c3ccc(F)cc3F)cs2)c1C. The molecule has 3 rings (SSSR count). The Morgan fingerprint density at radius 1 is 1.40 bits per heavy atom. The van der Waals surface area contributed by atoms with Crippen LogP contribution in [0.1, 0.15) is 23.2 Å². The third-order valence-electron chi connectivity index (χ3n) is 3.80. The molecule has 4 nitrogen and oxygen atoms in total. The Morgan fingerprint density at radius 2 is 2.20 bits per heavy atom. The monoisotopic (exact) mass is 356 g/mol. The number of allylic oxidation sites excluding steroid dienone is 1. The number of rotatable bonds is 4.